The average Bonchev–Trinajstić information content (AvgIpc) is 2.96. The van der Waals surface area contributed by atoms with Gasteiger partial charge in [0.1, 0.15) is 5.82 Å². The second-order valence-corrected chi connectivity index (χ2v) is 4.57. The van der Waals surface area contributed by atoms with E-state index in [2.05, 4.69) is 20.6 Å². The van der Waals surface area contributed by atoms with Gasteiger partial charge in [-0.2, -0.15) is 0 Å². The van der Waals surface area contributed by atoms with E-state index >= 15 is 0 Å². The first-order chi connectivity index (χ1) is 10.7. The lowest BCUT2D eigenvalue weighted by molar-refractivity contribution is 0.355. The Hall–Kier alpha value is -1.97. The number of methoxy groups -OCH3 is 2. The summed E-state index contributed by atoms with van der Waals surface area (Å²) in [5.41, 5.74) is 0.852. The van der Waals surface area contributed by atoms with E-state index < -0.39 is 0 Å². The molecule has 126 valence electrons. The quantitative estimate of drug-likeness (QED) is 0.432. The van der Waals surface area contributed by atoms with E-state index in [1.807, 2.05) is 36.0 Å². The molecular weight excluding hydrogens is 409 g/mol. The topological polar surface area (TPSA) is 72.7 Å². The number of guanidine groups is 1. The molecule has 0 aliphatic carbocycles. The highest BCUT2D eigenvalue weighted by Crippen LogP contribution is 2.29. The molecule has 1 aromatic heterocycles. The standard InChI is InChI=1S/C15H21N5O2.HI/c1-16-15(18-10-14-17-7-8-20(14)2)19-11-5-6-12(21-3)13(9-11)22-4;/h5-9H,10H2,1-4H3,(H2,16,18,19);1H. The van der Waals surface area contributed by atoms with Crippen molar-refractivity contribution in [2.24, 2.45) is 12.0 Å². The molecule has 0 radical (unpaired) electrons. The van der Waals surface area contributed by atoms with Crippen LogP contribution in [0, 0.1) is 0 Å². The number of imidazole rings is 1. The molecule has 0 aliphatic rings. The molecule has 0 saturated heterocycles. The van der Waals surface area contributed by atoms with Crippen LogP contribution in [0.25, 0.3) is 0 Å². The van der Waals surface area contributed by atoms with Crippen LogP contribution in [-0.2, 0) is 13.6 Å². The maximum Gasteiger partial charge on any atom is 0.195 e. The Bertz CT molecular complexity index is 657. The number of aromatic nitrogens is 2. The van der Waals surface area contributed by atoms with Crippen LogP contribution < -0.4 is 20.1 Å². The van der Waals surface area contributed by atoms with Crippen molar-refractivity contribution in [2.75, 3.05) is 26.6 Å². The largest absolute Gasteiger partial charge is 0.493 e. The summed E-state index contributed by atoms with van der Waals surface area (Å²) in [6.45, 7) is 0.580. The number of aryl methyl sites for hydroxylation is 1. The van der Waals surface area contributed by atoms with Crippen molar-refractivity contribution < 1.29 is 9.47 Å². The summed E-state index contributed by atoms with van der Waals surface area (Å²) in [5, 5.41) is 6.41. The first-order valence-electron chi connectivity index (χ1n) is 6.83. The molecule has 2 rings (SSSR count). The van der Waals surface area contributed by atoms with Crippen molar-refractivity contribution in [1.82, 2.24) is 14.9 Å². The van der Waals surface area contributed by atoms with Crippen LogP contribution in [-0.4, -0.2) is 36.8 Å². The van der Waals surface area contributed by atoms with Crippen molar-refractivity contribution in [3.05, 3.63) is 36.4 Å². The van der Waals surface area contributed by atoms with Crippen LogP contribution in [0.5, 0.6) is 11.5 Å². The Morgan fingerprint density at radius 1 is 1.26 bits per heavy atom. The fourth-order valence-electron chi connectivity index (χ4n) is 1.96. The van der Waals surface area contributed by atoms with E-state index in [0.29, 0.717) is 24.0 Å². The highest BCUT2D eigenvalue weighted by atomic mass is 127. The van der Waals surface area contributed by atoms with Gasteiger partial charge < -0.3 is 24.7 Å². The Morgan fingerprint density at radius 2 is 2.00 bits per heavy atom. The second kappa shape index (κ2) is 9.23. The van der Waals surface area contributed by atoms with Gasteiger partial charge in [0.05, 0.1) is 20.8 Å². The van der Waals surface area contributed by atoms with Gasteiger partial charge in [0.2, 0.25) is 0 Å². The Morgan fingerprint density at radius 3 is 2.57 bits per heavy atom. The van der Waals surface area contributed by atoms with Crippen molar-refractivity contribution in [2.45, 2.75) is 6.54 Å². The number of anilines is 1. The third kappa shape index (κ3) is 5.02. The fourth-order valence-corrected chi connectivity index (χ4v) is 1.96. The summed E-state index contributed by atoms with van der Waals surface area (Å²) in [7, 11) is 6.89. The van der Waals surface area contributed by atoms with Gasteiger partial charge in [-0.25, -0.2) is 4.98 Å². The minimum atomic E-state index is 0. The maximum atomic E-state index is 5.29. The fraction of sp³-hybridized carbons (Fsp3) is 0.333. The summed E-state index contributed by atoms with van der Waals surface area (Å²) in [6.07, 6.45) is 3.67. The molecule has 2 N–H and O–H groups in total. The van der Waals surface area contributed by atoms with Gasteiger partial charge in [0.25, 0.3) is 0 Å². The molecule has 0 saturated carbocycles. The Balaban J connectivity index is 0.00000264. The molecule has 0 spiro atoms. The zero-order valence-electron chi connectivity index (χ0n) is 13.7. The molecule has 1 aromatic carbocycles. The average molecular weight is 431 g/mol. The first-order valence-corrected chi connectivity index (χ1v) is 6.83. The van der Waals surface area contributed by atoms with Crippen LogP contribution in [0.2, 0.25) is 0 Å². The molecule has 8 heteroatoms. The van der Waals surface area contributed by atoms with E-state index in [-0.39, 0.29) is 24.0 Å². The molecule has 0 fully saturated rings. The summed E-state index contributed by atoms with van der Waals surface area (Å²) in [5.74, 6) is 2.92. The zero-order chi connectivity index (χ0) is 15.9. The molecule has 7 nitrogen and oxygen atoms in total. The van der Waals surface area contributed by atoms with Gasteiger partial charge in [-0.15, -0.1) is 24.0 Å². The summed E-state index contributed by atoms with van der Waals surface area (Å²) in [4.78, 5) is 8.46. The van der Waals surface area contributed by atoms with E-state index in [1.165, 1.54) is 0 Å². The lowest BCUT2D eigenvalue weighted by Crippen LogP contribution is -2.31. The van der Waals surface area contributed by atoms with Gasteiger partial charge in [0, 0.05) is 38.2 Å². The molecule has 0 amide bonds. The molecule has 0 atom stereocenters. The number of rotatable bonds is 5. The Labute approximate surface area is 153 Å². The van der Waals surface area contributed by atoms with Crippen LogP contribution in [0.15, 0.2) is 35.6 Å². The third-order valence-corrected chi connectivity index (χ3v) is 3.20. The smallest absolute Gasteiger partial charge is 0.195 e. The molecule has 0 unspecified atom stereocenters. The van der Waals surface area contributed by atoms with Crippen LogP contribution in [0.1, 0.15) is 5.82 Å². The van der Waals surface area contributed by atoms with Crippen molar-refractivity contribution in [1.29, 1.82) is 0 Å². The maximum absolute atomic E-state index is 5.29. The van der Waals surface area contributed by atoms with Gasteiger partial charge in [0.15, 0.2) is 17.5 Å². The molecule has 0 aliphatic heterocycles. The second-order valence-electron chi connectivity index (χ2n) is 4.57. The number of hydrogen-bond donors (Lipinski definition) is 2. The first kappa shape index (κ1) is 19.1. The molecular formula is C15H22IN5O2. The van der Waals surface area contributed by atoms with E-state index in [0.717, 1.165) is 11.5 Å². The van der Waals surface area contributed by atoms with E-state index in [1.54, 1.807) is 27.5 Å². The number of benzene rings is 1. The number of hydrogen-bond acceptors (Lipinski definition) is 4. The number of nitrogens with one attached hydrogen (secondary N) is 2. The monoisotopic (exact) mass is 431 g/mol. The number of aliphatic imine (C=N–C) groups is 1. The van der Waals surface area contributed by atoms with Crippen LogP contribution >= 0.6 is 24.0 Å². The lowest BCUT2D eigenvalue weighted by Gasteiger charge is -2.14. The highest BCUT2D eigenvalue weighted by molar-refractivity contribution is 14.0. The van der Waals surface area contributed by atoms with Crippen LogP contribution in [0.4, 0.5) is 5.69 Å². The summed E-state index contributed by atoms with van der Waals surface area (Å²) < 4.78 is 12.5. The van der Waals surface area contributed by atoms with Crippen molar-refractivity contribution >= 4 is 35.6 Å². The summed E-state index contributed by atoms with van der Waals surface area (Å²) in [6, 6.07) is 5.59. The predicted molar refractivity (Wildman–Crippen MR) is 102 cm³/mol. The predicted octanol–water partition coefficient (Wildman–Crippen LogP) is 2.24. The molecule has 23 heavy (non-hydrogen) atoms. The van der Waals surface area contributed by atoms with E-state index in [9.17, 15) is 0 Å². The highest BCUT2D eigenvalue weighted by Gasteiger charge is 2.07. The zero-order valence-corrected chi connectivity index (χ0v) is 16.0. The summed E-state index contributed by atoms with van der Waals surface area (Å²) >= 11 is 0. The number of ether oxygens (including phenoxy) is 2. The molecule has 1 heterocycles. The Kier molecular flexibility index (Phi) is 7.66. The SMILES string of the molecule is CN=C(NCc1nccn1C)Nc1ccc(OC)c(OC)c1.I. The minimum Gasteiger partial charge on any atom is -0.493 e. The molecule has 0 bridgehead atoms. The number of nitrogens with zero attached hydrogens (tertiary/aromatic N) is 3. The minimum absolute atomic E-state index is 0. The van der Waals surface area contributed by atoms with Gasteiger partial charge in [-0.1, -0.05) is 0 Å². The van der Waals surface area contributed by atoms with E-state index in [4.69, 9.17) is 9.47 Å². The third-order valence-electron chi connectivity index (χ3n) is 3.20. The van der Waals surface area contributed by atoms with Gasteiger partial charge >= 0.3 is 0 Å². The lowest BCUT2D eigenvalue weighted by atomic mass is 10.3. The number of halogens is 1. The van der Waals surface area contributed by atoms with Gasteiger partial charge in [-0.05, 0) is 12.1 Å². The normalized spacial score (nSPS) is 10.7. The van der Waals surface area contributed by atoms with Crippen molar-refractivity contribution in [3.63, 3.8) is 0 Å². The van der Waals surface area contributed by atoms with Crippen LogP contribution in [0.3, 0.4) is 0 Å². The molecule has 2 aromatic rings. The van der Waals surface area contributed by atoms with Crippen molar-refractivity contribution in [3.8, 4) is 11.5 Å². The van der Waals surface area contributed by atoms with Gasteiger partial charge in [-0.3, -0.25) is 4.99 Å².